The molecule has 16 heavy (non-hydrogen) atoms. The van der Waals surface area contributed by atoms with Gasteiger partial charge in [-0.25, -0.2) is 9.97 Å². The van der Waals surface area contributed by atoms with Gasteiger partial charge in [0.15, 0.2) is 5.16 Å². The van der Waals surface area contributed by atoms with Gasteiger partial charge in [0.05, 0.1) is 5.69 Å². The molecule has 3 nitrogen and oxygen atoms in total. The molecule has 0 saturated heterocycles. The molecule has 0 atom stereocenters. The van der Waals surface area contributed by atoms with Gasteiger partial charge in [0.1, 0.15) is 0 Å². The van der Waals surface area contributed by atoms with Crippen molar-refractivity contribution < 1.29 is 0 Å². The molecule has 1 heterocycles. The first-order valence-electron chi connectivity index (χ1n) is 5.00. The van der Waals surface area contributed by atoms with Crippen LogP contribution in [0.15, 0.2) is 41.7 Å². The van der Waals surface area contributed by atoms with Crippen LogP contribution in [0.1, 0.15) is 5.56 Å². The van der Waals surface area contributed by atoms with Crippen LogP contribution in [0.25, 0.3) is 11.3 Å². The molecule has 0 saturated carbocycles. The van der Waals surface area contributed by atoms with Crippen molar-refractivity contribution in [3.8, 4) is 11.3 Å². The molecule has 0 amide bonds. The third-order valence-corrected chi connectivity index (χ3v) is 2.84. The maximum Gasteiger partial charge on any atom is 0.187 e. The molecule has 82 valence electrons. The van der Waals surface area contributed by atoms with Crippen LogP contribution in [-0.2, 0) is 6.54 Å². The molecule has 0 radical (unpaired) electrons. The monoisotopic (exact) mass is 231 g/mol. The Hall–Kier alpha value is -1.39. The quantitative estimate of drug-likeness (QED) is 0.650. The van der Waals surface area contributed by atoms with Crippen molar-refractivity contribution in [3.63, 3.8) is 0 Å². The number of rotatable bonds is 3. The van der Waals surface area contributed by atoms with Gasteiger partial charge >= 0.3 is 0 Å². The van der Waals surface area contributed by atoms with Gasteiger partial charge in [0, 0.05) is 18.3 Å². The highest BCUT2D eigenvalue weighted by atomic mass is 32.2. The van der Waals surface area contributed by atoms with E-state index in [-0.39, 0.29) is 0 Å². The SMILES string of the molecule is CSc1nccc(-c2cccc(CN)c2)n1. The number of aromatic nitrogens is 2. The summed E-state index contributed by atoms with van der Waals surface area (Å²) >= 11 is 1.54. The van der Waals surface area contributed by atoms with E-state index in [1.54, 1.807) is 18.0 Å². The minimum atomic E-state index is 0.550. The van der Waals surface area contributed by atoms with E-state index in [0.29, 0.717) is 6.54 Å². The van der Waals surface area contributed by atoms with Gasteiger partial charge in [-0.3, -0.25) is 0 Å². The van der Waals surface area contributed by atoms with Crippen LogP contribution in [0.4, 0.5) is 0 Å². The Bertz CT molecular complexity index is 440. The van der Waals surface area contributed by atoms with Crippen molar-refractivity contribution in [3.05, 3.63) is 42.1 Å². The first-order valence-corrected chi connectivity index (χ1v) is 6.22. The van der Waals surface area contributed by atoms with Crippen LogP contribution >= 0.6 is 11.8 Å². The van der Waals surface area contributed by atoms with Gasteiger partial charge < -0.3 is 5.73 Å². The maximum absolute atomic E-state index is 5.62. The summed E-state index contributed by atoms with van der Waals surface area (Å²) in [5.41, 5.74) is 8.75. The third kappa shape index (κ3) is 2.40. The highest BCUT2D eigenvalue weighted by molar-refractivity contribution is 7.98. The van der Waals surface area contributed by atoms with Crippen molar-refractivity contribution in [1.29, 1.82) is 0 Å². The highest BCUT2D eigenvalue weighted by Crippen LogP contribution is 2.19. The molecule has 2 rings (SSSR count). The van der Waals surface area contributed by atoms with E-state index < -0.39 is 0 Å². The van der Waals surface area contributed by atoms with Gasteiger partial charge in [-0.15, -0.1) is 0 Å². The van der Waals surface area contributed by atoms with Gasteiger partial charge in [-0.2, -0.15) is 0 Å². The lowest BCUT2D eigenvalue weighted by Gasteiger charge is -2.04. The van der Waals surface area contributed by atoms with E-state index >= 15 is 0 Å². The lowest BCUT2D eigenvalue weighted by atomic mass is 10.1. The van der Waals surface area contributed by atoms with Crippen LogP contribution in [-0.4, -0.2) is 16.2 Å². The number of benzene rings is 1. The minimum absolute atomic E-state index is 0.550. The van der Waals surface area contributed by atoms with Crippen LogP contribution in [0.3, 0.4) is 0 Å². The number of thioether (sulfide) groups is 1. The largest absolute Gasteiger partial charge is 0.326 e. The second-order valence-electron chi connectivity index (χ2n) is 3.33. The van der Waals surface area contributed by atoms with E-state index in [1.807, 2.05) is 30.5 Å². The summed E-state index contributed by atoms with van der Waals surface area (Å²) in [6.45, 7) is 0.550. The molecule has 2 aromatic rings. The van der Waals surface area contributed by atoms with Crippen molar-refractivity contribution in [1.82, 2.24) is 9.97 Å². The second kappa shape index (κ2) is 5.09. The van der Waals surface area contributed by atoms with Crippen molar-refractivity contribution in [2.45, 2.75) is 11.7 Å². The molecular weight excluding hydrogens is 218 g/mol. The molecule has 0 aliphatic carbocycles. The average molecular weight is 231 g/mol. The van der Waals surface area contributed by atoms with E-state index in [4.69, 9.17) is 5.73 Å². The fourth-order valence-electron chi connectivity index (χ4n) is 1.46. The Morgan fingerprint density at radius 1 is 1.31 bits per heavy atom. The predicted octanol–water partition coefficient (Wildman–Crippen LogP) is 2.32. The molecule has 0 aliphatic heterocycles. The molecule has 0 bridgehead atoms. The van der Waals surface area contributed by atoms with Crippen molar-refractivity contribution >= 4 is 11.8 Å². The Kier molecular flexibility index (Phi) is 3.54. The Labute approximate surface area is 99.1 Å². The molecule has 0 aliphatic rings. The van der Waals surface area contributed by atoms with E-state index in [2.05, 4.69) is 16.0 Å². The smallest absolute Gasteiger partial charge is 0.187 e. The zero-order valence-electron chi connectivity index (χ0n) is 9.05. The summed E-state index contributed by atoms with van der Waals surface area (Å²) in [4.78, 5) is 8.60. The van der Waals surface area contributed by atoms with E-state index in [0.717, 1.165) is 22.0 Å². The average Bonchev–Trinajstić information content (AvgIpc) is 2.39. The van der Waals surface area contributed by atoms with Gasteiger partial charge in [-0.05, 0) is 24.0 Å². The molecule has 0 unspecified atom stereocenters. The standard InChI is InChI=1S/C12H13N3S/c1-16-12-14-6-5-11(15-12)10-4-2-3-9(7-10)8-13/h2-7H,8,13H2,1H3. The zero-order chi connectivity index (χ0) is 11.4. The lowest BCUT2D eigenvalue weighted by Crippen LogP contribution is -1.96. The summed E-state index contributed by atoms with van der Waals surface area (Å²) in [6, 6.07) is 10.0. The van der Waals surface area contributed by atoms with Crippen molar-refractivity contribution in [2.75, 3.05) is 6.26 Å². The van der Waals surface area contributed by atoms with Gasteiger partial charge in [0.25, 0.3) is 0 Å². The Balaban J connectivity index is 2.41. The summed E-state index contributed by atoms with van der Waals surface area (Å²) < 4.78 is 0. The third-order valence-electron chi connectivity index (χ3n) is 2.27. The lowest BCUT2D eigenvalue weighted by molar-refractivity contribution is 0.975. The van der Waals surface area contributed by atoms with Crippen LogP contribution in [0, 0.1) is 0 Å². The van der Waals surface area contributed by atoms with Gasteiger partial charge in [-0.1, -0.05) is 30.0 Å². The normalized spacial score (nSPS) is 10.4. The topological polar surface area (TPSA) is 51.8 Å². The maximum atomic E-state index is 5.62. The van der Waals surface area contributed by atoms with Crippen LogP contribution in [0.2, 0.25) is 0 Å². The number of hydrogen-bond acceptors (Lipinski definition) is 4. The molecule has 1 aromatic heterocycles. The summed E-state index contributed by atoms with van der Waals surface area (Å²) in [7, 11) is 0. The molecule has 0 spiro atoms. The first kappa shape index (κ1) is 11.1. The zero-order valence-corrected chi connectivity index (χ0v) is 9.87. The molecular formula is C12H13N3S. The number of nitrogens with zero attached hydrogens (tertiary/aromatic N) is 2. The fraction of sp³-hybridized carbons (Fsp3) is 0.167. The number of nitrogens with two attached hydrogens (primary N) is 1. The minimum Gasteiger partial charge on any atom is -0.326 e. The summed E-state index contributed by atoms with van der Waals surface area (Å²) in [5, 5.41) is 0.788. The Morgan fingerprint density at radius 3 is 2.94 bits per heavy atom. The summed E-state index contributed by atoms with van der Waals surface area (Å²) in [5.74, 6) is 0. The Morgan fingerprint density at radius 2 is 2.19 bits per heavy atom. The van der Waals surface area contributed by atoms with Crippen molar-refractivity contribution in [2.24, 2.45) is 5.73 Å². The van der Waals surface area contributed by atoms with Gasteiger partial charge in [0.2, 0.25) is 0 Å². The molecule has 4 heteroatoms. The molecule has 2 N–H and O–H groups in total. The highest BCUT2D eigenvalue weighted by Gasteiger charge is 2.01. The molecule has 1 aromatic carbocycles. The summed E-state index contributed by atoms with van der Waals surface area (Å²) in [6.07, 6.45) is 3.75. The first-order chi connectivity index (χ1) is 7.83. The fourth-order valence-corrected chi connectivity index (χ4v) is 1.81. The van der Waals surface area contributed by atoms with Crippen LogP contribution in [0.5, 0.6) is 0 Å². The molecule has 0 fully saturated rings. The van der Waals surface area contributed by atoms with E-state index in [1.165, 1.54) is 0 Å². The van der Waals surface area contributed by atoms with Crippen LogP contribution < -0.4 is 5.73 Å². The predicted molar refractivity (Wildman–Crippen MR) is 67.1 cm³/mol. The van der Waals surface area contributed by atoms with E-state index in [9.17, 15) is 0 Å². The number of hydrogen-bond donors (Lipinski definition) is 1. The second-order valence-corrected chi connectivity index (χ2v) is 4.11.